The lowest BCUT2D eigenvalue weighted by Crippen LogP contribution is -2.31. The third-order valence-electron chi connectivity index (χ3n) is 6.40. The van der Waals surface area contributed by atoms with Crippen LogP contribution in [0.1, 0.15) is 43.0 Å². The lowest BCUT2D eigenvalue weighted by molar-refractivity contribution is -0.140. The molecule has 2 aliphatic rings. The molecule has 1 fully saturated rings. The molecule has 37 heavy (non-hydrogen) atoms. The van der Waals surface area contributed by atoms with Crippen LogP contribution < -0.4 is 14.2 Å². The number of methoxy groups -OCH3 is 1. The van der Waals surface area contributed by atoms with Crippen LogP contribution in [0.25, 0.3) is 5.76 Å². The van der Waals surface area contributed by atoms with Gasteiger partial charge >= 0.3 is 0 Å². The van der Waals surface area contributed by atoms with Crippen molar-refractivity contribution in [2.24, 2.45) is 0 Å². The van der Waals surface area contributed by atoms with Crippen molar-refractivity contribution < 1.29 is 33.6 Å². The van der Waals surface area contributed by atoms with Crippen LogP contribution in [0.4, 0.5) is 0 Å². The van der Waals surface area contributed by atoms with Crippen molar-refractivity contribution in [1.82, 2.24) is 4.90 Å². The molecule has 1 amide bonds. The first-order valence-electron chi connectivity index (χ1n) is 12.5. The molecule has 4 rings (SSSR count). The van der Waals surface area contributed by atoms with Gasteiger partial charge in [0.2, 0.25) is 0 Å². The highest BCUT2D eigenvalue weighted by atomic mass is 16.5. The van der Waals surface area contributed by atoms with E-state index in [0.717, 1.165) is 11.3 Å². The summed E-state index contributed by atoms with van der Waals surface area (Å²) in [5.41, 5.74) is 2.08. The third-order valence-corrected chi connectivity index (χ3v) is 6.40. The van der Waals surface area contributed by atoms with Crippen molar-refractivity contribution >= 4 is 17.4 Å². The first kappa shape index (κ1) is 26.3. The van der Waals surface area contributed by atoms with Gasteiger partial charge in [-0.3, -0.25) is 9.59 Å². The molecule has 196 valence electrons. The van der Waals surface area contributed by atoms with Crippen LogP contribution in [0.5, 0.6) is 17.2 Å². The molecule has 0 aromatic heterocycles. The van der Waals surface area contributed by atoms with Gasteiger partial charge in [0.1, 0.15) is 24.2 Å². The summed E-state index contributed by atoms with van der Waals surface area (Å²) < 4.78 is 22.5. The van der Waals surface area contributed by atoms with Gasteiger partial charge in [-0.05, 0) is 61.7 Å². The molecule has 2 unspecified atom stereocenters. The number of benzene rings is 2. The van der Waals surface area contributed by atoms with Crippen LogP contribution in [0.15, 0.2) is 54.6 Å². The third kappa shape index (κ3) is 5.34. The molecule has 2 aromatic carbocycles. The maximum Gasteiger partial charge on any atom is 0.295 e. The van der Waals surface area contributed by atoms with Crippen molar-refractivity contribution in [3.8, 4) is 17.2 Å². The number of hydrogen-bond acceptors (Lipinski definition) is 7. The second kappa shape index (κ2) is 11.5. The van der Waals surface area contributed by atoms with Gasteiger partial charge in [-0.2, -0.15) is 0 Å². The standard InChI is InChI=1S/C29H33NO7/c1-5-13-36-23-11-8-19(17-24(23)35-6-2)26-25(28(32)29(33)30(26)12-7-14-34-4)27(31)20-9-10-22-21(16-20)15-18(3)37-22/h5,8-11,16-18,26,31H,1,6-7,12-15H2,2-4H3/b27-25-. The van der Waals surface area contributed by atoms with E-state index >= 15 is 0 Å². The zero-order valence-electron chi connectivity index (χ0n) is 21.5. The number of carbonyl (C=O) groups excluding carboxylic acids is 2. The smallest absolute Gasteiger partial charge is 0.295 e. The van der Waals surface area contributed by atoms with Crippen molar-refractivity contribution in [2.75, 3.05) is 33.5 Å². The van der Waals surface area contributed by atoms with E-state index in [1.165, 1.54) is 4.90 Å². The number of carbonyl (C=O) groups is 2. The molecule has 2 heterocycles. The van der Waals surface area contributed by atoms with E-state index in [0.29, 0.717) is 55.3 Å². The van der Waals surface area contributed by atoms with E-state index in [2.05, 4.69) is 6.58 Å². The number of aliphatic hydroxyl groups excluding tert-OH is 1. The molecule has 0 saturated carbocycles. The lowest BCUT2D eigenvalue weighted by atomic mass is 9.94. The number of rotatable bonds is 11. The van der Waals surface area contributed by atoms with Crippen LogP contribution in [0, 0.1) is 0 Å². The minimum Gasteiger partial charge on any atom is -0.507 e. The van der Waals surface area contributed by atoms with Gasteiger partial charge in [-0.15, -0.1) is 0 Å². The molecule has 8 heteroatoms. The van der Waals surface area contributed by atoms with Crippen LogP contribution in [0.3, 0.4) is 0 Å². The average molecular weight is 508 g/mol. The minimum atomic E-state index is -0.798. The quantitative estimate of drug-likeness (QED) is 0.158. The highest BCUT2D eigenvalue weighted by Crippen LogP contribution is 2.43. The molecule has 1 saturated heterocycles. The average Bonchev–Trinajstić information content (AvgIpc) is 3.38. The fourth-order valence-electron chi connectivity index (χ4n) is 4.79. The maximum absolute atomic E-state index is 13.3. The highest BCUT2D eigenvalue weighted by Gasteiger charge is 2.46. The highest BCUT2D eigenvalue weighted by molar-refractivity contribution is 6.46. The van der Waals surface area contributed by atoms with E-state index in [-0.39, 0.29) is 24.0 Å². The Hall–Kier alpha value is -3.78. The van der Waals surface area contributed by atoms with Crippen molar-refractivity contribution in [3.63, 3.8) is 0 Å². The van der Waals surface area contributed by atoms with Gasteiger partial charge in [0.25, 0.3) is 11.7 Å². The monoisotopic (exact) mass is 507 g/mol. The van der Waals surface area contributed by atoms with Gasteiger partial charge < -0.3 is 29.0 Å². The molecular formula is C29H33NO7. The number of aliphatic hydroxyl groups is 1. The minimum absolute atomic E-state index is 0.0385. The molecule has 0 aliphatic carbocycles. The van der Waals surface area contributed by atoms with Gasteiger partial charge in [0.15, 0.2) is 11.5 Å². The number of fused-ring (bicyclic) bond motifs is 1. The van der Waals surface area contributed by atoms with Crippen molar-refractivity contribution in [2.45, 2.75) is 38.8 Å². The van der Waals surface area contributed by atoms with Crippen molar-refractivity contribution in [1.29, 1.82) is 0 Å². The van der Waals surface area contributed by atoms with Crippen LogP contribution in [-0.4, -0.2) is 61.3 Å². The Bertz CT molecular complexity index is 1220. The summed E-state index contributed by atoms with van der Waals surface area (Å²) in [6, 6.07) is 9.80. The first-order chi connectivity index (χ1) is 17.9. The summed E-state index contributed by atoms with van der Waals surface area (Å²) in [5.74, 6) is 0.158. The summed E-state index contributed by atoms with van der Waals surface area (Å²) in [4.78, 5) is 28.0. The first-order valence-corrected chi connectivity index (χ1v) is 12.5. The molecule has 2 aromatic rings. The number of Topliss-reactive ketones (excluding diaryl/α,β-unsaturated/α-hetero) is 1. The Morgan fingerprint density at radius 2 is 2.00 bits per heavy atom. The fourth-order valence-corrected chi connectivity index (χ4v) is 4.79. The van der Waals surface area contributed by atoms with Gasteiger partial charge in [0, 0.05) is 32.2 Å². The van der Waals surface area contributed by atoms with Crippen LogP contribution >= 0.6 is 0 Å². The second-order valence-electron chi connectivity index (χ2n) is 9.03. The predicted molar refractivity (Wildman–Crippen MR) is 139 cm³/mol. The van der Waals surface area contributed by atoms with Crippen molar-refractivity contribution in [3.05, 3.63) is 71.3 Å². The summed E-state index contributed by atoms with van der Waals surface area (Å²) in [7, 11) is 1.58. The number of ether oxygens (including phenoxy) is 4. The van der Waals surface area contributed by atoms with Crippen LogP contribution in [0.2, 0.25) is 0 Å². The fraction of sp³-hybridized carbons (Fsp3) is 0.379. The number of nitrogens with zero attached hydrogens (tertiary/aromatic N) is 1. The number of likely N-dealkylation sites (tertiary alicyclic amines) is 1. The molecule has 8 nitrogen and oxygen atoms in total. The van der Waals surface area contributed by atoms with E-state index in [1.807, 2.05) is 19.9 Å². The van der Waals surface area contributed by atoms with Gasteiger partial charge in [-0.1, -0.05) is 18.7 Å². The summed E-state index contributed by atoms with van der Waals surface area (Å²) >= 11 is 0. The van der Waals surface area contributed by atoms with E-state index in [4.69, 9.17) is 18.9 Å². The Kier molecular flexibility index (Phi) is 8.18. The number of amides is 1. The summed E-state index contributed by atoms with van der Waals surface area (Å²) in [5, 5.41) is 11.4. The van der Waals surface area contributed by atoms with Gasteiger partial charge in [0.05, 0.1) is 18.2 Å². The Labute approximate surface area is 217 Å². The zero-order valence-corrected chi connectivity index (χ0v) is 21.5. The molecule has 2 aliphatic heterocycles. The molecule has 0 radical (unpaired) electrons. The topological polar surface area (TPSA) is 94.5 Å². The second-order valence-corrected chi connectivity index (χ2v) is 9.03. The number of ketones is 1. The van der Waals surface area contributed by atoms with E-state index in [1.54, 1.807) is 43.5 Å². The van der Waals surface area contributed by atoms with E-state index in [9.17, 15) is 14.7 Å². The zero-order chi connectivity index (χ0) is 26.5. The Morgan fingerprint density at radius 1 is 1.19 bits per heavy atom. The molecule has 1 N–H and O–H groups in total. The molecule has 2 atom stereocenters. The lowest BCUT2D eigenvalue weighted by Gasteiger charge is -2.26. The maximum atomic E-state index is 13.3. The Balaban J connectivity index is 1.81. The number of hydrogen-bond donors (Lipinski definition) is 1. The SMILES string of the molecule is C=CCOc1ccc(C2/C(=C(/O)c3ccc4c(c3)CC(C)O4)C(=O)C(=O)N2CCCOC)cc1OCC. The van der Waals surface area contributed by atoms with Gasteiger partial charge in [-0.25, -0.2) is 0 Å². The van der Waals surface area contributed by atoms with E-state index < -0.39 is 17.7 Å². The normalized spacial score (nSPS) is 20.0. The summed E-state index contributed by atoms with van der Waals surface area (Å²) in [6.45, 7) is 8.93. The van der Waals surface area contributed by atoms with Crippen LogP contribution in [-0.2, 0) is 20.7 Å². The predicted octanol–water partition coefficient (Wildman–Crippen LogP) is 4.43. The molecule has 0 bridgehead atoms. The summed E-state index contributed by atoms with van der Waals surface area (Å²) in [6.07, 6.45) is 2.91. The molecular weight excluding hydrogens is 474 g/mol. The molecule has 0 spiro atoms. The Morgan fingerprint density at radius 3 is 2.73 bits per heavy atom. The largest absolute Gasteiger partial charge is 0.507 e.